The normalized spacial score (nSPS) is 16.3. The summed E-state index contributed by atoms with van der Waals surface area (Å²) in [6.45, 7) is 4.85. The summed E-state index contributed by atoms with van der Waals surface area (Å²) in [5.41, 5.74) is 2.71. The Labute approximate surface area is 156 Å². The van der Waals surface area contributed by atoms with Gasteiger partial charge < -0.3 is 9.47 Å². The molecule has 2 aromatic carbocycles. The van der Waals surface area contributed by atoms with Crippen molar-refractivity contribution in [3.05, 3.63) is 77.1 Å². The van der Waals surface area contributed by atoms with Crippen LogP contribution in [0.1, 0.15) is 34.6 Å². The first-order valence-corrected chi connectivity index (χ1v) is 8.85. The molecule has 4 nitrogen and oxygen atoms in total. The molecule has 0 N–H and O–H groups in total. The van der Waals surface area contributed by atoms with Crippen molar-refractivity contribution in [2.75, 3.05) is 6.54 Å². The molecule has 4 rings (SSSR count). The molecule has 0 saturated heterocycles. The monoisotopic (exact) mass is 367 g/mol. The fraction of sp³-hybridized carbons (Fsp3) is 0.238. The van der Waals surface area contributed by atoms with E-state index in [9.17, 15) is 13.6 Å². The number of hydrogen-bond donors (Lipinski definition) is 0. The summed E-state index contributed by atoms with van der Waals surface area (Å²) >= 11 is 0. The molecule has 2 heterocycles. The Hall–Kier alpha value is -3.02. The minimum Gasteiger partial charge on any atom is -0.329 e. The molecule has 0 aliphatic carbocycles. The van der Waals surface area contributed by atoms with Gasteiger partial charge in [-0.05, 0) is 37.6 Å². The summed E-state index contributed by atoms with van der Waals surface area (Å²) in [4.78, 5) is 19.2. The predicted molar refractivity (Wildman–Crippen MR) is 98.2 cm³/mol. The number of carbonyl (C=O) groups is 1. The molecule has 1 aliphatic heterocycles. The number of imidazole rings is 1. The number of carbonyl (C=O) groups excluding carboxylic acids is 1. The Bertz CT molecular complexity index is 1030. The lowest BCUT2D eigenvalue weighted by Crippen LogP contribution is -2.41. The van der Waals surface area contributed by atoms with Crippen LogP contribution in [0, 0.1) is 18.6 Å². The number of halogens is 2. The molecule has 3 aromatic rings. The van der Waals surface area contributed by atoms with Crippen molar-refractivity contribution >= 4 is 5.91 Å². The van der Waals surface area contributed by atoms with Crippen LogP contribution in [0.25, 0.3) is 11.4 Å². The van der Waals surface area contributed by atoms with Crippen LogP contribution in [0.3, 0.4) is 0 Å². The highest BCUT2D eigenvalue weighted by Crippen LogP contribution is 2.32. The van der Waals surface area contributed by atoms with Crippen molar-refractivity contribution < 1.29 is 13.6 Å². The molecule has 0 spiro atoms. The number of benzene rings is 2. The number of nitrogens with zero attached hydrogens (tertiary/aromatic N) is 3. The van der Waals surface area contributed by atoms with Crippen molar-refractivity contribution in [2.45, 2.75) is 26.4 Å². The average Bonchev–Trinajstić information content (AvgIpc) is 3.07. The number of rotatable bonds is 2. The van der Waals surface area contributed by atoms with Gasteiger partial charge in [-0.1, -0.05) is 18.2 Å². The quantitative estimate of drug-likeness (QED) is 0.675. The van der Waals surface area contributed by atoms with E-state index in [1.54, 1.807) is 6.20 Å². The molecule has 6 heteroatoms. The Kier molecular flexibility index (Phi) is 4.26. The van der Waals surface area contributed by atoms with E-state index in [0.717, 1.165) is 17.3 Å². The molecule has 1 amide bonds. The van der Waals surface area contributed by atoms with Gasteiger partial charge in [0.05, 0.1) is 23.5 Å². The zero-order valence-electron chi connectivity index (χ0n) is 15.1. The van der Waals surface area contributed by atoms with Gasteiger partial charge >= 0.3 is 0 Å². The number of aromatic nitrogens is 2. The van der Waals surface area contributed by atoms with Crippen molar-refractivity contribution in [3.8, 4) is 11.4 Å². The molecule has 0 fully saturated rings. The molecule has 138 valence electrons. The number of fused-ring (bicyclic) bond motifs is 1. The molecule has 27 heavy (non-hydrogen) atoms. The van der Waals surface area contributed by atoms with Gasteiger partial charge in [0.2, 0.25) is 0 Å². The highest BCUT2D eigenvalue weighted by Gasteiger charge is 2.31. The van der Waals surface area contributed by atoms with Crippen LogP contribution in [-0.4, -0.2) is 26.9 Å². The summed E-state index contributed by atoms with van der Waals surface area (Å²) in [7, 11) is 0. The van der Waals surface area contributed by atoms with Crippen molar-refractivity contribution in [1.82, 2.24) is 14.5 Å². The third kappa shape index (κ3) is 2.91. The average molecular weight is 367 g/mol. The maximum atomic E-state index is 14.2. The second-order valence-corrected chi connectivity index (χ2v) is 6.77. The van der Waals surface area contributed by atoms with E-state index in [0.29, 0.717) is 24.5 Å². The first kappa shape index (κ1) is 17.4. The van der Waals surface area contributed by atoms with Gasteiger partial charge in [0.15, 0.2) is 0 Å². The number of aryl methyl sites for hydroxylation is 1. The minimum atomic E-state index is -0.644. The van der Waals surface area contributed by atoms with E-state index in [1.165, 1.54) is 12.1 Å². The van der Waals surface area contributed by atoms with Gasteiger partial charge in [0, 0.05) is 24.7 Å². The number of hydrogen-bond acceptors (Lipinski definition) is 2. The van der Waals surface area contributed by atoms with Crippen molar-refractivity contribution in [3.63, 3.8) is 0 Å². The summed E-state index contributed by atoms with van der Waals surface area (Å²) < 4.78 is 29.3. The van der Waals surface area contributed by atoms with Crippen LogP contribution in [0.5, 0.6) is 0 Å². The van der Waals surface area contributed by atoms with Crippen molar-refractivity contribution in [1.29, 1.82) is 0 Å². The fourth-order valence-electron chi connectivity index (χ4n) is 3.65. The van der Waals surface area contributed by atoms with Gasteiger partial charge in [-0.2, -0.15) is 0 Å². The lowest BCUT2D eigenvalue weighted by atomic mass is 10.0. The minimum absolute atomic E-state index is 0.0254. The summed E-state index contributed by atoms with van der Waals surface area (Å²) in [5.74, 6) is -0.834. The Morgan fingerprint density at radius 1 is 1.15 bits per heavy atom. The third-order valence-electron chi connectivity index (χ3n) is 5.15. The topological polar surface area (TPSA) is 38.1 Å². The molecule has 1 aromatic heterocycles. The molecule has 0 radical (unpaired) electrons. The highest BCUT2D eigenvalue weighted by molar-refractivity contribution is 5.96. The van der Waals surface area contributed by atoms with Gasteiger partial charge in [0.25, 0.3) is 5.91 Å². The summed E-state index contributed by atoms with van der Waals surface area (Å²) in [5, 5.41) is 0. The number of amides is 1. The van der Waals surface area contributed by atoms with Crippen LogP contribution in [0.2, 0.25) is 0 Å². The zero-order chi connectivity index (χ0) is 19.1. The van der Waals surface area contributed by atoms with Gasteiger partial charge in [-0.25, -0.2) is 13.8 Å². The maximum Gasteiger partial charge on any atom is 0.254 e. The SMILES string of the molecule is Cc1ccccc1C(=O)N1CCn2c(cnc2-c2ccc(F)cc2F)C1C. The highest BCUT2D eigenvalue weighted by atomic mass is 19.1. The Balaban J connectivity index is 1.68. The predicted octanol–water partition coefficient (Wildman–Crippen LogP) is 4.35. The zero-order valence-corrected chi connectivity index (χ0v) is 15.1. The van der Waals surface area contributed by atoms with E-state index < -0.39 is 11.6 Å². The molecular formula is C21H19F2N3O. The van der Waals surface area contributed by atoms with Crippen LogP contribution in [0.15, 0.2) is 48.7 Å². The van der Waals surface area contributed by atoms with Crippen molar-refractivity contribution in [2.24, 2.45) is 0 Å². The summed E-state index contributed by atoms with van der Waals surface area (Å²) in [6.07, 6.45) is 1.67. The van der Waals surface area contributed by atoms with Crippen LogP contribution < -0.4 is 0 Å². The van der Waals surface area contributed by atoms with Crippen LogP contribution in [0.4, 0.5) is 8.78 Å². The third-order valence-corrected chi connectivity index (χ3v) is 5.15. The second-order valence-electron chi connectivity index (χ2n) is 6.77. The van der Waals surface area contributed by atoms with Crippen LogP contribution in [-0.2, 0) is 6.54 Å². The summed E-state index contributed by atoms with van der Waals surface area (Å²) in [6, 6.07) is 10.8. The maximum absolute atomic E-state index is 14.2. The molecular weight excluding hydrogens is 348 g/mol. The molecule has 1 unspecified atom stereocenters. The Morgan fingerprint density at radius 3 is 2.67 bits per heavy atom. The first-order chi connectivity index (χ1) is 13.0. The van der Waals surface area contributed by atoms with E-state index in [-0.39, 0.29) is 17.5 Å². The van der Waals surface area contributed by atoms with E-state index in [2.05, 4.69) is 4.98 Å². The molecule has 1 aliphatic rings. The van der Waals surface area contributed by atoms with Gasteiger partial charge in [0.1, 0.15) is 17.5 Å². The van der Waals surface area contributed by atoms with E-state index in [4.69, 9.17) is 0 Å². The standard InChI is InChI=1S/C21H19F2N3O/c1-13-5-3-4-6-16(13)21(27)25-9-10-26-19(14(25)2)12-24-20(26)17-8-7-15(22)11-18(17)23/h3-8,11-12,14H,9-10H2,1-2H3. The fourth-order valence-corrected chi connectivity index (χ4v) is 3.65. The van der Waals surface area contributed by atoms with Gasteiger partial charge in [-0.15, -0.1) is 0 Å². The lowest BCUT2D eigenvalue weighted by Gasteiger charge is -2.35. The smallest absolute Gasteiger partial charge is 0.254 e. The largest absolute Gasteiger partial charge is 0.329 e. The first-order valence-electron chi connectivity index (χ1n) is 8.85. The van der Waals surface area contributed by atoms with Crippen LogP contribution >= 0.6 is 0 Å². The van der Waals surface area contributed by atoms with E-state index >= 15 is 0 Å². The molecule has 0 saturated carbocycles. The second kappa shape index (κ2) is 6.61. The lowest BCUT2D eigenvalue weighted by molar-refractivity contribution is 0.0644. The van der Waals surface area contributed by atoms with E-state index in [1.807, 2.05) is 47.6 Å². The Morgan fingerprint density at radius 2 is 1.93 bits per heavy atom. The van der Waals surface area contributed by atoms with Gasteiger partial charge in [-0.3, -0.25) is 4.79 Å². The molecule has 1 atom stereocenters. The molecule has 0 bridgehead atoms.